The van der Waals surface area contributed by atoms with Crippen LogP contribution in [0.4, 0.5) is 8.78 Å². The first-order valence-corrected chi connectivity index (χ1v) is 7.51. The lowest BCUT2D eigenvalue weighted by molar-refractivity contribution is -0.0507. The fourth-order valence-corrected chi connectivity index (χ4v) is 3.03. The Morgan fingerprint density at radius 1 is 1.35 bits per heavy atom. The van der Waals surface area contributed by atoms with Gasteiger partial charge < -0.3 is 15.4 Å². The first kappa shape index (κ1) is 19.6. The number of benzene rings is 1. The van der Waals surface area contributed by atoms with E-state index in [1.54, 1.807) is 30.9 Å². The van der Waals surface area contributed by atoms with Gasteiger partial charge in [-0.25, -0.2) is 0 Å². The van der Waals surface area contributed by atoms with E-state index in [-0.39, 0.29) is 30.1 Å². The maximum atomic E-state index is 12.7. The fourth-order valence-electron chi connectivity index (χ4n) is 3.03. The van der Waals surface area contributed by atoms with Crippen molar-refractivity contribution in [2.75, 3.05) is 13.1 Å². The number of nitrogens with zero attached hydrogens (tertiary/aromatic N) is 1. The largest absolute Gasteiger partial charge is 0.434 e. The maximum Gasteiger partial charge on any atom is 0.387 e. The molecular formula is C16H23ClF2N2O2. The van der Waals surface area contributed by atoms with Crippen molar-refractivity contribution >= 4 is 18.3 Å². The number of hydrogen-bond acceptors (Lipinski definition) is 3. The molecule has 7 heteroatoms. The molecule has 1 unspecified atom stereocenters. The lowest BCUT2D eigenvalue weighted by Crippen LogP contribution is -2.47. The Bertz CT molecular complexity index is 532. The number of amides is 1. The molecule has 0 bridgehead atoms. The number of nitrogens with two attached hydrogens (primary N) is 1. The molecule has 1 heterocycles. The summed E-state index contributed by atoms with van der Waals surface area (Å²) in [6, 6.07) is 3.27. The normalized spacial score (nSPS) is 17.8. The number of rotatable bonds is 4. The summed E-state index contributed by atoms with van der Waals surface area (Å²) in [6.45, 7) is 1.59. The molecule has 1 aromatic carbocycles. The Morgan fingerprint density at radius 3 is 2.48 bits per heavy atom. The molecule has 1 aliphatic rings. The van der Waals surface area contributed by atoms with Crippen LogP contribution in [0.25, 0.3) is 0 Å². The Morgan fingerprint density at radius 2 is 1.96 bits per heavy atom. The minimum absolute atomic E-state index is 0. The van der Waals surface area contributed by atoms with Crippen LogP contribution in [0, 0.1) is 13.8 Å². The molecule has 1 aliphatic heterocycles. The van der Waals surface area contributed by atoms with Crippen molar-refractivity contribution in [2.45, 2.75) is 45.8 Å². The minimum atomic E-state index is -2.87. The lowest BCUT2D eigenvalue weighted by atomic mass is 9.99. The molecule has 2 N–H and O–H groups in total. The van der Waals surface area contributed by atoms with Crippen molar-refractivity contribution in [3.8, 4) is 5.75 Å². The van der Waals surface area contributed by atoms with Crippen LogP contribution in [0.15, 0.2) is 12.1 Å². The third-order valence-corrected chi connectivity index (χ3v) is 4.07. The SMILES string of the molecule is Cc1cc(C(=O)N2CCCCC2CN)cc(C)c1OC(F)F.Cl. The zero-order valence-corrected chi connectivity index (χ0v) is 14.2. The summed E-state index contributed by atoms with van der Waals surface area (Å²) in [6.07, 6.45) is 2.95. The van der Waals surface area contributed by atoms with E-state index >= 15 is 0 Å². The van der Waals surface area contributed by atoms with E-state index in [1.807, 2.05) is 0 Å². The van der Waals surface area contributed by atoms with Gasteiger partial charge in [0.1, 0.15) is 5.75 Å². The van der Waals surface area contributed by atoms with Crippen LogP contribution in [0.1, 0.15) is 40.7 Å². The number of aryl methyl sites for hydroxylation is 2. The quantitative estimate of drug-likeness (QED) is 0.908. The van der Waals surface area contributed by atoms with E-state index in [0.29, 0.717) is 29.8 Å². The van der Waals surface area contributed by atoms with Crippen LogP contribution < -0.4 is 10.5 Å². The van der Waals surface area contributed by atoms with Gasteiger partial charge in [-0.2, -0.15) is 8.78 Å². The summed E-state index contributed by atoms with van der Waals surface area (Å²) in [5.74, 6) is 0.0468. The summed E-state index contributed by atoms with van der Waals surface area (Å²) >= 11 is 0. The number of hydrogen-bond donors (Lipinski definition) is 1. The van der Waals surface area contributed by atoms with E-state index in [4.69, 9.17) is 5.73 Å². The van der Waals surface area contributed by atoms with E-state index in [2.05, 4.69) is 4.74 Å². The average molecular weight is 349 g/mol. The molecule has 0 radical (unpaired) electrons. The highest BCUT2D eigenvalue weighted by Gasteiger charge is 2.27. The highest BCUT2D eigenvalue weighted by atomic mass is 35.5. The van der Waals surface area contributed by atoms with E-state index < -0.39 is 6.61 Å². The van der Waals surface area contributed by atoms with Gasteiger partial charge in [-0.15, -0.1) is 12.4 Å². The summed E-state index contributed by atoms with van der Waals surface area (Å²) in [5.41, 5.74) is 7.31. The molecule has 0 aliphatic carbocycles. The second-order valence-electron chi connectivity index (χ2n) is 5.70. The molecule has 4 nitrogen and oxygen atoms in total. The number of halogens is 3. The number of piperidine rings is 1. The average Bonchev–Trinajstić information content (AvgIpc) is 2.49. The van der Waals surface area contributed by atoms with Crippen molar-refractivity contribution in [1.29, 1.82) is 0 Å². The molecule has 1 fully saturated rings. The van der Waals surface area contributed by atoms with Gasteiger partial charge >= 0.3 is 6.61 Å². The van der Waals surface area contributed by atoms with Gasteiger partial charge in [0.25, 0.3) is 5.91 Å². The van der Waals surface area contributed by atoms with Crippen LogP contribution in [-0.2, 0) is 0 Å². The van der Waals surface area contributed by atoms with Crippen molar-refractivity contribution < 1.29 is 18.3 Å². The van der Waals surface area contributed by atoms with Gasteiger partial charge in [-0.3, -0.25) is 4.79 Å². The van der Waals surface area contributed by atoms with E-state index in [9.17, 15) is 13.6 Å². The zero-order chi connectivity index (χ0) is 16.3. The molecular weight excluding hydrogens is 326 g/mol. The highest BCUT2D eigenvalue weighted by Crippen LogP contribution is 2.28. The molecule has 1 saturated heterocycles. The zero-order valence-electron chi connectivity index (χ0n) is 13.4. The van der Waals surface area contributed by atoms with Crippen LogP contribution in [0.2, 0.25) is 0 Å². The topological polar surface area (TPSA) is 55.6 Å². The molecule has 0 aromatic heterocycles. The molecule has 1 aromatic rings. The van der Waals surface area contributed by atoms with Crippen molar-refractivity contribution in [3.05, 3.63) is 28.8 Å². The lowest BCUT2D eigenvalue weighted by Gasteiger charge is -2.35. The van der Waals surface area contributed by atoms with Gasteiger partial charge in [0, 0.05) is 24.7 Å². The molecule has 0 saturated carbocycles. The third kappa shape index (κ3) is 4.54. The summed E-state index contributed by atoms with van der Waals surface area (Å²) < 4.78 is 29.4. The number of likely N-dealkylation sites (tertiary alicyclic amines) is 1. The Hall–Kier alpha value is -1.40. The Labute approximate surface area is 141 Å². The first-order valence-electron chi connectivity index (χ1n) is 7.51. The first-order chi connectivity index (χ1) is 10.4. The van der Waals surface area contributed by atoms with Gasteiger partial charge in [-0.1, -0.05) is 0 Å². The van der Waals surface area contributed by atoms with Gasteiger partial charge in [-0.05, 0) is 56.4 Å². The standard InChI is InChI=1S/C16H22F2N2O2.ClH/c1-10-7-12(8-11(2)14(10)22-16(17)18)15(21)20-6-4-3-5-13(20)9-19;/h7-8,13,16H,3-6,9,19H2,1-2H3;1H. The summed E-state index contributed by atoms with van der Waals surface area (Å²) in [4.78, 5) is 14.5. The Kier molecular flexibility index (Phi) is 7.22. The predicted octanol–water partition coefficient (Wildman–Crippen LogP) is 3.28. The molecule has 1 atom stereocenters. The van der Waals surface area contributed by atoms with Crippen molar-refractivity contribution in [2.24, 2.45) is 5.73 Å². The molecule has 130 valence electrons. The second kappa shape index (κ2) is 8.45. The van der Waals surface area contributed by atoms with Crippen LogP contribution in [0.5, 0.6) is 5.75 Å². The van der Waals surface area contributed by atoms with E-state index in [0.717, 1.165) is 19.3 Å². The van der Waals surface area contributed by atoms with Crippen LogP contribution >= 0.6 is 12.4 Å². The number of carbonyl (C=O) groups excluding carboxylic acids is 1. The molecule has 0 spiro atoms. The third-order valence-electron chi connectivity index (χ3n) is 4.07. The van der Waals surface area contributed by atoms with Gasteiger partial charge in [0.2, 0.25) is 0 Å². The monoisotopic (exact) mass is 348 g/mol. The summed E-state index contributed by atoms with van der Waals surface area (Å²) in [5, 5.41) is 0. The number of carbonyl (C=O) groups is 1. The van der Waals surface area contributed by atoms with E-state index in [1.165, 1.54) is 0 Å². The molecule has 1 amide bonds. The van der Waals surface area contributed by atoms with Crippen molar-refractivity contribution in [3.63, 3.8) is 0 Å². The fraction of sp³-hybridized carbons (Fsp3) is 0.562. The number of alkyl halides is 2. The number of ether oxygens (including phenoxy) is 1. The van der Waals surface area contributed by atoms with Crippen molar-refractivity contribution in [1.82, 2.24) is 4.90 Å². The minimum Gasteiger partial charge on any atom is -0.434 e. The van der Waals surface area contributed by atoms with Gasteiger partial charge in [0.15, 0.2) is 0 Å². The molecule has 23 heavy (non-hydrogen) atoms. The van der Waals surface area contributed by atoms with Crippen LogP contribution in [0.3, 0.4) is 0 Å². The highest BCUT2D eigenvalue weighted by molar-refractivity contribution is 5.95. The maximum absolute atomic E-state index is 12.7. The summed E-state index contributed by atoms with van der Waals surface area (Å²) in [7, 11) is 0. The Balaban J connectivity index is 0.00000264. The smallest absolute Gasteiger partial charge is 0.387 e. The second-order valence-corrected chi connectivity index (χ2v) is 5.70. The predicted molar refractivity (Wildman–Crippen MR) is 87.5 cm³/mol. The van der Waals surface area contributed by atoms with Crippen LogP contribution in [-0.4, -0.2) is 36.5 Å². The van der Waals surface area contributed by atoms with Gasteiger partial charge in [0.05, 0.1) is 0 Å². The molecule has 2 rings (SSSR count).